The zero-order valence-electron chi connectivity index (χ0n) is 26.4. The minimum Gasteiger partial charge on any atom is -0.384 e. The van der Waals surface area contributed by atoms with E-state index in [9.17, 15) is 9.18 Å². The van der Waals surface area contributed by atoms with Crippen molar-refractivity contribution in [2.24, 2.45) is 5.92 Å². The summed E-state index contributed by atoms with van der Waals surface area (Å²) in [5, 5.41) is 18.2. The number of aromatic amines is 2. The van der Waals surface area contributed by atoms with E-state index >= 15 is 0 Å². The molecular weight excluding hydrogens is 595 g/mol. The molecule has 2 aromatic carbocycles. The lowest BCUT2D eigenvalue weighted by Gasteiger charge is -2.21. The van der Waals surface area contributed by atoms with Gasteiger partial charge in [-0.3, -0.25) is 14.9 Å². The number of likely N-dealkylation sites (N-methyl/N-ethyl adjacent to an activating group) is 1. The van der Waals surface area contributed by atoms with Crippen molar-refractivity contribution >= 4 is 39.3 Å². The Hall–Kier alpha value is -5.20. The number of piperidine rings is 1. The Labute approximate surface area is 271 Å². The number of carbonyl (C=O) groups is 1. The van der Waals surface area contributed by atoms with Gasteiger partial charge >= 0.3 is 0 Å². The monoisotopic (exact) mass is 632 g/mol. The first-order valence-electron chi connectivity index (χ1n) is 15.9. The molecule has 0 spiro atoms. The molecule has 5 heterocycles. The van der Waals surface area contributed by atoms with Gasteiger partial charge in [-0.15, -0.1) is 0 Å². The van der Waals surface area contributed by atoms with Crippen LogP contribution in [0.1, 0.15) is 19.3 Å². The number of rotatable bonds is 10. The normalized spacial score (nSPS) is 13.9. The average Bonchev–Trinajstić information content (AvgIpc) is 3.69. The molecule has 0 bridgehead atoms. The molecule has 1 saturated heterocycles. The summed E-state index contributed by atoms with van der Waals surface area (Å²) < 4.78 is 14.7. The highest BCUT2D eigenvalue weighted by Crippen LogP contribution is 2.34. The van der Waals surface area contributed by atoms with Crippen molar-refractivity contribution in [3.8, 4) is 33.8 Å². The van der Waals surface area contributed by atoms with E-state index in [2.05, 4.69) is 46.0 Å². The van der Waals surface area contributed by atoms with E-state index < -0.39 is 0 Å². The number of pyridine rings is 2. The molecule has 47 heavy (non-hydrogen) atoms. The van der Waals surface area contributed by atoms with Gasteiger partial charge in [0, 0.05) is 54.1 Å². The molecule has 0 unspecified atom stereocenters. The van der Waals surface area contributed by atoms with E-state index in [-0.39, 0.29) is 11.7 Å². The van der Waals surface area contributed by atoms with Gasteiger partial charge in [-0.05, 0) is 99.5 Å². The predicted octanol–water partition coefficient (Wildman–Crippen LogP) is 5.67. The highest BCUT2D eigenvalue weighted by molar-refractivity contribution is 5.98. The van der Waals surface area contributed by atoms with Gasteiger partial charge in [0.1, 0.15) is 11.5 Å². The quantitative estimate of drug-likeness (QED) is 0.130. The van der Waals surface area contributed by atoms with Crippen LogP contribution in [0.2, 0.25) is 0 Å². The molecule has 0 saturated carbocycles. The second-order valence-electron chi connectivity index (χ2n) is 12.3. The largest absolute Gasteiger partial charge is 0.384 e. The summed E-state index contributed by atoms with van der Waals surface area (Å²) in [5.74, 6) is 0.628. The second-order valence-corrected chi connectivity index (χ2v) is 12.3. The molecule has 12 heteroatoms. The smallest absolute Gasteiger partial charge is 0.224 e. The maximum atomic E-state index is 14.7. The number of hydrogen-bond acceptors (Lipinski definition) is 8. The molecule has 0 radical (unpaired) electrons. The summed E-state index contributed by atoms with van der Waals surface area (Å²) in [6, 6.07) is 14.7. The third-order valence-electron chi connectivity index (χ3n) is 8.56. The molecular formula is C35H37FN10O. The first-order chi connectivity index (χ1) is 22.9. The van der Waals surface area contributed by atoms with E-state index in [0.717, 1.165) is 60.1 Å². The van der Waals surface area contributed by atoms with E-state index in [1.807, 2.05) is 50.5 Å². The van der Waals surface area contributed by atoms with Crippen LogP contribution in [0.3, 0.4) is 0 Å². The Morgan fingerprint density at radius 2 is 1.85 bits per heavy atom. The number of nitrogens with zero attached hydrogens (tertiary/aromatic N) is 5. The summed E-state index contributed by atoms with van der Waals surface area (Å²) >= 11 is 0. The highest BCUT2D eigenvalue weighted by Gasteiger charge is 2.19. The first kappa shape index (κ1) is 30.5. The van der Waals surface area contributed by atoms with Crippen molar-refractivity contribution in [2.75, 3.05) is 50.9 Å². The number of hydrogen-bond donors (Lipinski definition) is 5. The average molecular weight is 633 g/mol. The summed E-state index contributed by atoms with van der Waals surface area (Å²) in [5.41, 5.74) is 7.34. The van der Waals surface area contributed by atoms with Crippen molar-refractivity contribution in [2.45, 2.75) is 19.3 Å². The van der Waals surface area contributed by atoms with E-state index in [0.29, 0.717) is 58.5 Å². The van der Waals surface area contributed by atoms with Gasteiger partial charge in [-0.2, -0.15) is 5.10 Å². The maximum absolute atomic E-state index is 14.7. The predicted molar refractivity (Wildman–Crippen MR) is 183 cm³/mol. The Morgan fingerprint density at radius 1 is 1.00 bits per heavy atom. The summed E-state index contributed by atoms with van der Waals surface area (Å²) in [6.45, 7) is 3.44. The van der Waals surface area contributed by atoms with Crippen LogP contribution in [0.5, 0.6) is 0 Å². The minimum absolute atomic E-state index is 0.0105. The van der Waals surface area contributed by atoms with Crippen LogP contribution in [-0.4, -0.2) is 81.2 Å². The number of aromatic nitrogens is 6. The second kappa shape index (κ2) is 13.3. The third kappa shape index (κ3) is 6.83. The zero-order valence-corrected chi connectivity index (χ0v) is 26.4. The summed E-state index contributed by atoms with van der Waals surface area (Å²) in [6.07, 6.45) is 7.68. The van der Waals surface area contributed by atoms with Gasteiger partial charge in [0.2, 0.25) is 5.91 Å². The van der Waals surface area contributed by atoms with Crippen LogP contribution in [0.4, 0.5) is 15.8 Å². The van der Waals surface area contributed by atoms with Crippen molar-refractivity contribution in [3.63, 3.8) is 0 Å². The van der Waals surface area contributed by atoms with Crippen molar-refractivity contribution < 1.29 is 9.18 Å². The fourth-order valence-electron chi connectivity index (χ4n) is 6.14. The Bertz CT molecular complexity index is 2050. The van der Waals surface area contributed by atoms with Crippen LogP contribution in [0, 0.1) is 11.7 Å². The number of benzene rings is 2. The highest BCUT2D eigenvalue weighted by atomic mass is 19.1. The zero-order chi connectivity index (χ0) is 32.3. The van der Waals surface area contributed by atoms with Gasteiger partial charge in [0.05, 0.1) is 22.9 Å². The molecule has 0 atom stereocenters. The fourth-order valence-corrected chi connectivity index (χ4v) is 6.14. The minimum atomic E-state index is -0.328. The number of H-pyrrole nitrogens is 2. The molecule has 0 aliphatic carbocycles. The standard InChI is InChI=1S/C35H37FN10O/c1-46(2)12-11-39-26-15-23(14-25(36)18-26)28-7-10-40-34-32(28)42-35(43-34)33-29-17-22(3-4-30(29)44-45-33)24-16-27(20-38-19-24)41-31(47)13-21-5-8-37-9-6-21/h3-4,7,10,14-21,37,39H,5-6,8-9,11-13H2,1-2H3,(H,41,47)(H,44,45)(H,40,42,43). The van der Waals surface area contributed by atoms with E-state index in [1.54, 1.807) is 18.6 Å². The molecule has 5 N–H and O–H groups in total. The maximum Gasteiger partial charge on any atom is 0.224 e. The Balaban J connectivity index is 1.16. The van der Waals surface area contributed by atoms with Crippen LogP contribution in [-0.2, 0) is 4.79 Å². The lowest BCUT2D eigenvalue weighted by Crippen LogP contribution is -2.30. The number of amides is 1. The number of anilines is 2. The number of nitrogens with one attached hydrogen (secondary N) is 5. The molecule has 1 aliphatic rings. The third-order valence-corrected chi connectivity index (χ3v) is 8.56. The lowest BCUT2D eigenvalue weighted by atomic mass is 9.94. The van der Waals surface area contributed by atoms with Gasteiger partial charge in [0.25, 0.3) is 0 Å². The molecule has 1 amide bonds. The van der Waals surface area contributed by atoms with Crippen molar-refractivity contribution in [1.82, 2.24) is 40.3 Å². The van der Waals surface area contributed by atoms with E-state index in [4.69, 9.17) is 4.98 Å². The molecule has 240 valence electrons. The first-order valence-corrected chi connectivity index (χ1v) is 15.9. The lowest BCUT2D eigenvalue weighted by molar-refractivity contribution is -0.117. The van der Waals surface area contributed by atoms with Crippen LogP contribution in [0.15, 0.2) is 67.1 Å². The molecule has 11 nitrogen and oxygen atoms in total. The SMILES string of the molecule is CN(C)CCNc1cc(F)cc(-c2ccnc3nc(-c4n[nH]c5ccc(-c6cncc(NC(=O)CC7CCNCC7)c6)cc45)[nH]c23)c1. The summed E-state index contributed by atoms with van der Waals surface area (Å²) in [4.78, 5) is 31.9. The molecule has 6 aromatic rings. The molecule has 1 fully saturated rings. The summed E-state index contributed by atoms with van der Waals surface area (Å²) in [7, 11) is 4.00. The molecule has 7 rings (SSSR count). The number of fused-ring (bicyclic) bond motifs is 2. The van der Waals surface area contributed by atoms with E-state index in [1.165, 1.54) is 12.1 Å². The topological polar surface area (TPSA) is 140 Å². The molecule has 1 aliphatic heterocycles. The van der Waals surface area contributed by atoms with Crippen LogP contribution in [0.25, 0.3) is 55.8 Å². The van der Waals surface area contributed by atoms with Gasteiger partial charge < -0.3 is 25.8 Å². The number of imidazole rings is 1. The Morgan fingerprint density at radius 3 is 2.70 bits per heavy atom. The van der Waals surface area contributed by atoms with Gasteiger partial charge in [-0.25, -0.2) is 14.4 Å². The van der Waals surface area contributed by atoms with Crippen molar-refractivity contribution in [3.05, 3.63) is 72.9 Å². The molecule has 4 aromatic heterocycles. The van der Waals surface area contributed by atoms with Crippen LogP contribution < -0.4 is 16.0 Å². The van der Waals surface area contributed by atoms with Crippen molar-refractivity contribution in [1.29, 1.82) is 0 Å². The van der Waals surface area contributed by atoms with Gasteiger partial charge in [-0.1, -0.05) is 6.07 Å². The fraction of sp³-hybridized carbons (Fsp3) is 0.286. The number of carbonyl (C=O) groups excluding carboxylic acids is 1. The Kier molecular flexibility index (Phi) is 8.60. The van der Waals surface area contributed by atoms with Gasteiger partial charge in [0.15, 0.2) is 11.5 Å². The number of halogens is 1. The van der Waals surface area contributed by atoms with Crippen LogP contribution >= 0.6 is 0 Å².